The van der Waals surface area contributed by atoms with E-state index in [1.807, 2.05) is 12.1 Å². The van der Waals surface area contributed by atoms with E-state index in [0.29, 0.717) is 11.4 Å². The molecule has 3 heterocycles. The Morgan fingerprint density at radius 3 is 2.57 bits per heavy atom. The van der Waals surface area contributed by atoms with Crippen molar-refractivity contribution in [2.75, 3.05) is 5.32 Å². The number of pyridine rings is 1. The largest absolute Gasteiger partial charge is 0.478 e. The summed E-state index contributed by atoms with van der Waals surface area (Å²) in [6.07, 6.45) is 3.22. The van der Waals surface area contributed by atoms with Crippen LogP contribution in [0.5, 0.6) is 0 Å². The summed E-state index contributed by atoms with van der Waals surface area (Å²) in [6.45, 7) is 2.49. The lowest BCUT2D eigenvalue weighted by Crippen LogP contribution is -2.15. The molecule has 0 aliphatic carbocycles. The third kappa shape index (κ3) is 3.36. The molecule has 4 rings (SSSR count). The monoisotopic (exact) mass is 377 g/mol. The van der Waals surface area contributed by atoms with E-state index in [2.05, 4.69) is 25.1 Å². The van der Waals surface area contributed by atoms with E-state index in [0.717, 1.165) is 43.0 Å². The highest BCUT2D eigenvalue weighted by Gasteiger charge is 2.17. The van der Waals surface area contributed by atoms with Crippen LogP contribution in [0.1, 0.15) is 45.2 Å². The Morgan fingerprint density at radius 2 is 1.86 bits per heavy atom. The second kappa shape index (κ2) is 7.22. The van der Waals surface area contributed by atoms with Gasteiger partial charge in [0.2, 0.25) is 0 Å². The van der Waals surface area contributed by atoms with Crippen molar-refractivity contribution in [3.63, 3.8) is 0 Å². The van der Waals surface area contributed by atoms with Gasteiger partial charge in [-0.05, 0) is 56.2 Å². The second-order valence-electron chi connectivity index (χ2n) is 6.71. The summed E-state index contributed by atoms with van der Waals surface area (Å²) in [5.41, 5.74) is 2.11. The molecule has 0 atom stereocenters. The first-order chi connectivity index (χ1) is 13.5. The van der Waals surface area contributed by atoms with Gasteiger partial charge in [0.15, 0.2) is 5.82 Å². The summed E-state index contributed by atoms with van der Waals surface area (Å²) in [4.78, 5) is 27.5. The smallest absolute Gasteiger partial charge is 0.337 e. The molecule has 142 valence electrons. The van der Waals surface area contributed by atoms with Crippen LogP contribution in [0.15, 0.2) is 36.4 Å². The molecular formula is C20H19N5O3. The highest BCUT2D eigenvalue weighted by molar-refractivity contribution is 6.03. The molecule has 2 aromatic heterocycles. The molecule has 8 heteroatoms. The van der Waals surface area contributed by atoms with Gasteiger partial charge in [-0.25, -0.2) is 9.78 Å². The molecule has 3 aromatic rings. The van der Waals surface area contributed by atoms with Crippen molar-refractivity contribution in [1.29, 1.82) is 0 Å². The number of hydrogen-bond acceptors (Lipinski definition) is 5. The topological polar surface area (TPSA) is 110 Å². The van der Waals surface area contributed by atoms with Crippen LogP contribution in [-0.4, -0.2) is 36.7 Å². The van der Waals surface area contributed by atoms with Crippen molar-refractivity contribution in [3.8, 4) is 11.4 Å². The number of carboxylic acid groups (broad SMARTS) is 1. The van der Waals surface area contributed by atoms with Crippen molar-refractivity contribution in [1.82, 2.24) is 19.7 Å². The lowest BCUT2D eigenvalue weighted by atomic mass is 10.1. The van der Waals surface area contributed by atoms with Crippen LogP contribution in [0.3, 0.4) is 0 Å². The van der Waals surface area contributed by atoms with Crippen molar-refractivity contribution in [2.24, 2.45) is 0 Å². The molecule has 0 spiro atoms. The van der Waals surface area contributed by atoms with Gasteiger partial charge < -0.3 is 15.0 Å². The number of nitrogens with one attached hydrogen (secondary N) is 1. The number of rotatable bonds is 4. The summed E-state index contributed by atoms with van der Waals surface area (Å²) >= 11 is 0. The zero-order valence-corrected chi connectivity index (χ0v) is 15.3. The van der Waals surface area contributed by atoms with Crippen LogP contribution in [0.2, 0.25) is 0 Å². The Bertz CT molecular complexity index is 1060. The number of nitrogens with zero attached hydrogens (tertiary/aromatic N) is 4. The molecule has 0 saturated heterocycles. The highest BCUT2D eigenvalue weighted by atomic mass is 16.4. The van der Waals surface area contributed by atoms with Crippen molar-refractivity contribution in [2.45, 2.75) is 32.7 Å². The van der Waals surface area contributed by atoms with Crippen molar-refractivity contribution < 1.29 is 14.7 Å². The first-order valence-corrected chi connectivity index (χ1v) is 9.08. The minimum absolute atomic E-state index is 0.0811. The standard InChI is InChI=1S/C20H19N5O3/c1-12-15(20(27)28)9-10-16(21-12)19(26)22-14-7-5-13(6-8-14)18-24-23-17-4-2-3-11-25(17)18/h5-10H,2-4,11H2,1H3,(H,22,26)(H,27,28). The fourth-order valence-electron chi connectivity index (χ4n) is 3.33. The summed E-state index contributed by atoms with van der Waals surface area (Å²) < 4.78 is 2.15. The molecule has 1 amide bonds. The number of fused-ring (bicyclic) bond motifs is 1. The van der Waals surface area contributed by atoms with Gasteiger partial charge in [-0.3, -0.25) is 4.79 Å². The first kappa shape index (κ1) is 17.8. The number of aryl methyl sites for hydroxylation is 2. The van der Waals surface area contributed by atoms with E-state index in [9.17, 15) is 9.59 Å². The number of aromatic nitrogens is 4. The van der Waals surface area contributed by atoms with Gasteiger partial charge in [-0.1, -0.05) is 0 Å². The van der Waals surface area contributed by atoms with Crippen molar-refractivity contribution >= 4 is 17.6 Å². The Morgan fingerprint density at radius 1 is 1.07 bits per heavy atom. The number of hydrogen-bond donors (Lipinski definition) is 2. The minimum atomic E-state index is -1.07. The normalized spacial score (nSPS) is 13.0. The SMILES string of the molecule is Cc1nc(C(=O)Nc2ccc(-c3nnc4n3CCCC4)cc2)ccc1C(=O)O. The Kier molecular flexibility index (Phi) is 4.60. The average molecular weight is 377 g/mol. The minimum Gasteiger partial charge on any atom is -0.478 e. The van der Waals surface area contributed by atoms with Gasteiger partial charge in [-0.15, -0.1) is 10.2 Å². The molecule has 0 fully saturated rings. The molecule has 28 heavy (non-hydrogen) atoms. The molecule has 8 nitrogen and oxygen atoms in total. The Labute approximate surface area is 161 Å². The van der Waals surface area contributed by atoms with E-state index < -0.39 is 11.9 Å². The van der Waals surface area contributed by atoms with Gasteiger partial charge in [0.25, 0.3) is 5.91 Å². The van der Waals surface area contributed by atoms with E-state index >= 15 is 0 Å². The third-order valence-electron chi connectivity index (χ3n) is 4.81. The fourth-order valence-corrected chi connectivity index (χ4v) is 3.33. The number of carbonyl (C=O) groups excluding carboxylic acids is 1. The van der Waals surface area contributed by atoms with Crippen LogP contribution in [-0.2, 0) is 13.0 Å². The highest BCUT2D eigenvalue weighted by Crippen LogP contribution is 2.24. The van der Waals surface area contributed by atoms with E-state index in [1.54, 1.807) is 19.1 Å². The van der Waals surface area contributed by atoms with Crippen LogP contribution in [0, 0.1) is 6.92 Å². The molecule has 0 bridgehead atoms. The van der Waals surface area contributed by atoms with Crippen LogP contribution < -0.4 is 5.32 Å². The van der Waals surface area contributed by atoms with E-state index in [4.69, 9.17) is 5.11 Å². The van der Waals surface area contributed by atoms with Gasteiger partial charge in [0, 0.05) is 24.2 Å². The molecule has 2 N–H and O–H groups in total. The molecule has 0 saturated carbocycles. The maximum atomic E-state index is 12.4. The molecule has 1 aliphatic rings. The molecule has 1 aromatic carbocycles. The van der Waals surface area contributed by atoms with E-state index in [-0.39, 0.29) is 11.3 Å². The molecule has 0 unspecified atom stereocenters. The Hall–Kier alpha value is -3.55. The van der Waals surface area contributed by atoms with Gasteiger partial charge in [0.05, 0.1) is 11.3 Å². The lowest BCUT2D eigenvalue weighted by molar-refractivity contribution is 0.0695. The van der Waals surface area contributed by atoms with Gasteiger partial charge in [-0.2, -0.15) is 0 Å². The number of amides is 1. The average Bonchev–Trinajstić information content (AvgIpc) is 3.12. The Balaban J connectivity index is 1.50. The molecular weight excluding hydrogens is 358 g/mol. The zero-order valence-electron chi connectivity index (χ0n) is 15.3. The van der Waals surface area contributed by atoms with Crippen LogP contribution in [0.25, 0.3) is 11.4 Å². The number of aromatic carboxylic acids is 1. The summed E-state index contributed by atoms with van der Waals surface area (Å²) in [6, 6.07) is 10.2. The maximum Gasteiger partial charge on any atom is 0.337 e. The number of carbonyl (C=O) groups is 2. The van der Waals surface area contributed by atoms with Crippen molar-refractivity contribution in [3.05, 3.63) is 59.2 Å². The predicted octanol–water partition coefficient (Wildman–Crippen LogP) is 2.94. The lowest BCUT2D eigenvalue weighted by Gasteiger charge is -2.14. The molecule has 1 aliphatic heterocycles. The van der Waals surface area contributed by atoms with Gasteiger partial charge >= 0.3 is 5.97 Å². The van der Waals surface area contributed by atoms with Crippen LogP contribution in [0.4, 0.5) is 5.69 Å². The summed E-state index contributed by atoms with van der Waals surface area (Å²) in [5, 5.41) is 20.4. The predicted molar refractivity (Wildman–Crippen MR) is 102 cm³/mol. The first-order valence-electron chi connectivity index (χ1n) is 9.08. The summed E-state index contributed by atoms with van der Waals surface area (Å²) in [7, 11) is 0. The summed E-state index contributed by atoms with van der Waals surface area (Å²) in [5.74, 6) is 0.398. The fraction of sp³-hybridized carbons (Fsp3) is 0.250. The third-order valence-corrected chi connectivity index (χ3v) is 4.81. The van der Waals surface area contributed by atoms with E-state index in [1.165, 1.54) is 12.1 Å². The second-order valence-corrected chi connectivity index (χ2v) is 6.71. The number of carboxylic acids is 1. The number of benzene rings is 1. The molecule has 0 radical (unpaired) electrons. The number of anilines is 1. The maximum absolute atomic E-state index is 12.4. The quantitative estimate of drug-likeness (QED) is 0.723. The van der Waals surface area contributed by atoms with Gasteiger partial charge in [0.1, 0.15) is 11.5 Å². The zero-order chi connectivity index (χ0) is 19.7. The van der Waals surface area contributed by atoms with Crippen LogP contribution >= 0.6 is 0 Å².